The highest BCUT2D eigenvalue weighted by Gasteiger charge is 2.70. The Balaban J connectivity index is 1.52. The number of urea groups is 1. The fourth-order valence-electron chi connectivity index (χ4n) is 7.07. The molecule has 1 aliphatic heterocycles. The van der Waals surface area contributed by atoms with Crippen LogP contribution in [-0.2, 0) is 19.2 Å². The number of rotatable bonds is 9. The van der Waals surface area contributed by atoms with Gasteiger partial charge in [-0.1, -0.05) is 53.9 Å². The van der Waals surface area contributed by atoms with Gasteiger partial charge in [0, 0.05) is 31.3 Å². The van der Waals surface area contributed by atoms with Crippen LogP contribution in [0.3, 0.4) is 0 Å². The molecule has 4 aliphatic rings. The first-order valence-corrected chi connectivity index (χ1v) is 14.9. The number of alkyl halides is 2. The number of carbonyl (C=O) groups is 5. The van der Waals surface area contributed by atoms with Gasteiger partial charge in [-0.25, -0.2) is 13.6 Å². The van der Waals surface area contributed by atoms with Gasteiger partial charge in [-0.15, -0.1) is 0 Å². The summed E-state index contributed by atoms with van der Waals surface area (Å²) in [6, 6.07) is -3.71. The molecule has 9 nitrogen and oxygen atoms in total. The van der Waals surface area contributed by atoms with Gasteiger partial charge in [0.15, 0.2) is 5.78 Å². The van der Waals surface area contributed by atoms with Crippen molar-refractivity contribution >= 4 is 29.4 Å². The Hall–Kier alpha value is -2.59. The number of nitrogens with zero attached hydrogens (tertiary/aromatic N) is 1. The molecule has 3 aliphatic carbocycles. The van der Waals surface area contributed by atoms with E-state index in [1.165, 1.54) is 4.90 Å². The van der Waals surface area contributed by atoms with Crippen LogP contribution >= 0.6 is 0 Å². The zero-order valence-corrected chi connectivity index (χ0v) is 25.4. The lowest BCUT2D eigenvalue weighted by atomic mass is 9.83. The highest BCUT2D eigenvalue weighted by Crippen LogP contribution is 2.65. The molecule has 41 heavy (non-hydrogen) atoms. The molecule has 1 heterocycles. The Bertz CT molecular complexity index is 1110. The van der Waals surface area contributed by atoms with Gasteiger partial charge < -0.3 is 20.9 Å². The molecule has 0 aromatic rings. The smallest absolute Gasteiger partial charge is 0.315 e. The molecular formula is C30H46F2N4O5. The SMILES string of the molecule is CC(=O)C(=O)C(CC1CC1(F)F)NC(=O)[C@@H]1[C@@H]2[C@H](CN1C(=O)[C@@H](NC(=O)NC1(C)CCCCC1)C(C)(C)C)C2(C)C. The molecule has 4 amide bonds. The topological polar surface area (TPSA) is 125 Å². The van der Waals surface area contributed by atoms with Crippen LogP contribution in [0.1, 0.15) is 93.4 Å². The van der Waals surface area contributed by atoms with E-state index in [2.05, 4.69) is 16.0 Å². The minimum absolute atomic E-state index is 0.0347. The van der Waals surface area contributed by atoms with Crippen molar-refractivity contribution in [2.75, 3.05) is 6.54 Å². The molecule has 6 atom stereocenters. The number of hydrogen-bond donors (Lipinski definition) is 3. The molecule has 0 aromatic carbocycles. The van der Waals surface area contributed by atoms with E-state index in [0.717, 1.165) is 39.0 Å². The molecule has 4 fully saturated rings. The summed E-state index contributed by atoms with van der Waals surface area (Å²) in [6.07, 6.45) is 4.15. The van der Waals surface area contributed by atoms with Crippen LogP contribution in [0.2, 0.25) is 0 Å². The summed E-state index contributed by atoms with van der Waals surface area (Å²) in [7, 11) is 0. The van der Waals surface area contributed by atoms with Crippen molar-refractivity contribution in [3.63, 3.8) is 0 Å². The first-order chi connectivity index (χ1) is 18.8. The lowest BCUT2D eigenvalue weighted by molar-refractivity contribution is -0.145. The summed E-state index contributed by atoms with van der Waals surface area (Å²) in [5, 5.41) is 8.51. The van der Waals surface area contributed by atoms with Gasteiger partial charge in [-0.05, 0) is 48.9 Å². The Morgan fingerprint density at radius 3 is 2.07 bits per heavy atom. The lowest BCUT2D eigenvalue weighted by Gasteiger charge is -2.39. The monoisotopic (exact) mass is 580 g/mol. The Morgan fingerprint density at radius 2 is 1.56 bits per heavy atom. The van der Waals surface area contributed by atoms with Crippen molar-refractivity contribution in [2.24, 2.45) is 28.6 Å². The number of carbonyl (C=O) groups excluding carboxylic acids is 5. The van der Waals surface area contributed by atoms with Crippen LogP contribution in [0.5, 0.6) is 0 Å². The highest BCUT2D eigenvalue weighted by atomic mass is 19.3. The Labute approximate surface area is 241 Å². The molecule has 230 valence electrons. The summed E-state index contributed by atoms with van der Waals surface area (Å²) >= 11 is 0. The van der Waals surface area contributed by atoms with Gasteiger partial charge in [0.05, 0.1) is 6.04 Å². The number of Topliss-reactive ketones (excluding diaryl/α,β-unsaturated/α-hetero) is 2. The third-order valence-corrected chi connectivity index (χ3v) is 9.98. The van der Waals surface area contributed by atoms with Crippen LogP contribution in [0, 0.1) is 28.6 Å². The van der Waals surface area contributed by atoms with E-state index >= 15 is 0 Å². The van der Waals surface area contributed by atoms with Crippen LogP contribution in [0.25, 0.3) is 0 Å². The molecule has 3 N–H and O–H groups in total. The van der Waals surface area contributed by atoms with E-state index in [0.29, 0.717) is 6.54 Å². The van der Waals surface area contributed by atoms with E-state index in [1.54, 1.807) is 0 Å². The van der Waals surface area contributed by atoms with Crippen LogP contribution < -0.4 is 16.0 Å². The third-order valence-electron chi connectivity index (χ3n) is 9.98. The van der Waals surface area contributed by atoms with Crippen molar-refractivity contribution in [3.8, 4) is 0 Å². The number of likely N-dealkylation sites (tertiary alicyclic amines) is 1. The molecule has 11 heteroatoms. The normalized spacial score (nSPS) is 30.3. The minimum atomic E-state index is -2.92. The van der Waals surface area contributed by atoms with E-state index in [1.807, 2.05) is 41.5 Å². The fraction of sp³-hybridized carbons (Fsp3) is 0.833. The third kappa shape index (κ3) is 6.43. The second-order valence-corrected chi connectivity index (χ2v) is 14.8. The fourth-order valence-corrected chi connectivity index (χ4v) is 7.07. The predicted octanol–water partition coefficient (Wildman–Crippen LogP) is 3.59. The highest BCUT2D eigenvalue weighted by molar-refractivity contribution is 6.38. The van der Waals surface area contributed by atoms with Gasteiger partial charge in [0.1, 0.15) is 12.1 Å². The summed E-state index contributed by atoms with van der Waals surface area (Å²) in [5.41, 5.74) is -1.28. The molecule has 0 radical (unpaired) electrons. The summed E-state index contributed by atoms with van der Waals surface area (Å²) in [6.45, 7) is 12.9. The maximum Gasteiger partial charge on any atom is 0.315 e. The minimum Gasteiger partial charge on any atom is -0.344 e. The molecule has 0 aromatic heterocycles. The first kappa shape index (κ1) is 31.3. The quantitative estimate of drug-likeness (QED) is 0.360. The van der Waals surface area contributed by atoms with Crippen molar-refractivity contribution in [1.29, 1.82) is 0 Å². The molecule has 3 saturated carbocycles. The number of piperidine rings is 1. The average Bonchev–Trinajstić information content (AvgIpc) is 3.50. The average molecular weight is 581 g/mol. The summed E-state index contributed by atoms with van der Waals surface area (Å²) in [4.78, 5) is 66.9. The zero-order chi connectivity index (χ0) is 30.7. The maximum absolute atomic E-state index is 14.1. The molecule has 1 saturated heterocycles. The van der Waals surface area contributed by atoms with Gasteiger partial charge in [0.2, 0.25) is 17.6 Å². The number of ketones is 2. The standard InChI is InChI=1S/C30H46F2N4O5/c1-16(37)22(38)19(13-17-14-30(17,31)32)33-24(39)21-20-18(28(20,5)6)15-36(21)25(40)23(27(2,3)4)34-26(41)35-29(7)11-9-8-10-12-29/h17-21,23H,8-15H2,1-7H3,(H,33,39)(H2,34,35,41)/t17?,18-,19?,20-,21-,23+/m0/s1. The first-order valence-electron chi connectivity index (χ1n) is 14.9. The molecule has 2 unspecified atom stereocenters. The van der Waals surface area contributed by atoms with Gasteiger partial charge in [0.25, 0.3) is 5.92 Å². The molecule has 0 spiro atoms. The van der Waals surface area contributed by atoms with Crippen molar-refractivity contribution in [3.05, 3.63) is 0 Å². The molecular weight excluding hydrogens is 534 g/mol. The maximum atomic E-state index is 14.1. The van der Waals surface area contributed by atoms with Gasteiger partial charge >= 0.3 is 6.03 Å². The van der Waals surface area contributed by atoms with E-state index < -0.39 is 71.2 Å². The van der Waals surface area contributed by atoms with Crippen LogP contribution in [0.4, 0.5) is 13.6 Å². The van der Waals surface area contributed by atoms with Crippen molar-refractivity contribution in [2.45, 2.75) is 123 Å². The second-order valence-electron chi connectivity index (χ2n) is 14.8. The van der Waals surface area contributed by atoms with Crippen molar-refractivity contribution in [1.82, 2.24) is 20.9 Å². The van der Waals surface area contributed by atoms with E-state index in [4.69, 9.17) is 0 Å². The van der Waals surface area contributed by atoms with Crippen LogP contribution in [0.15, 0.2) is 0 Å². The molecule has 4 rings (SSSR count). The van der Waals surface area contributed by atoms with Crippen molar-refractivity contribution < 1.29 is 32.8 Å². The lowest BCUT2D eigenvalue weighted by Crippen LogP contribution is -2.62. The molecule has 0 bridgehead atoms. The number of fused-ring (bicyclic) bond motifs is 1. The number of amides is 4. The van der Waals surface area contributed by atoms with Gasteiger partial charge in [-0.2, -0.15) is 0 Å². The van der Waals surface area contributed by atoms with E-state index in [9.17, 15) is 32.8 Å². The number of nitrogens with one attached hydrogen (secondary N) is 3. The number of halogens is 2. The van der Waals surface area contributed by atoms with E-state index in [-0.39, 0.29) is 29.2 Å². The Kier molecular flexibility index (Phi) is 8.10. The summed E-state index contributed by atoms with van der Waals surface area (Å²) < 4.78 is 27.3. The van der Waals surface area contributed by atoms with Crippen LogP contribution in [-0.4, -0.2) is 70.4 Å². The van der Waals surface area contributed by atoms with Gasteiger partial charge in [-0.3, -0.25) is 19.2 Å². The zero-order valence-electron chi connectivity index (χ0n) is 25.4. The second kappa shape index (κ2) is 10.6. The largest absolute Gasteiger partial charge is 0.344 e. The summed E-state index contributed by atoms with van der Waals surface area (Å²) in [5.74, 6) is -6.95. The number of hydrogen-bond acceptors (Lipinski definition) is 5. The predicted molar refractivity (Wildman–Crippen MR) is 148 cm³/mol. The Morgan fingerprint density at radius 1 is 0.976 bits per heavy atom.